The predicted molar refractivity (Wildman–Crippen MR) is 103 cm³/mol. The maximum Gasteiger partial charge on any atom is 0.411 e. The van der Waals surface area contributed by atoms with Gasteiger partial charge in [0, 0.05) is 25.3 Å². The van der Waals surface area contributed by atoms with Crippen molar-refractivity contribution in [3.8, 4) is 5.88 Å². The van der Waals surface area contributed by atoms with Gasteiger partial charge in [-0.1, -0.05) is 0 Å². The Balaban J connectivity index is 1.23. The Morgan fingerprint density at radius 2 is 2.00 bits per heavy atom. The summed E-state index contributed by atoms with van der Waals surface area (Å²) in [6, 6.07) is 1.49. The molecule has 3 fully saturated rings. The largest absolute Gasteiger partial charge is 0.474 e. The fraction of sp³-hybridized carbons (Fsp3) is 0.600. The molecule has 1 aromatic heterocycles. The molecule has 12 heteroatoms. The monoisotopic (exact) mass is 456 g/mol. The topological polar surface area (TPSA) is 124 Å². The van der Waals surface area contributed by atoms with Gasteiger partial charge in [-0.25, -0.2) is 9.78 Å². The number of amides is 4. The van der Waals surface area contributed by atoms with Gasteiger partial charge in [0.1, 0.15) is 24.3 Å². The molecule has 32 heavy (non-hydrogen) atoms. The smallest absolute Gasteiger partial charge is 0.411 e. The van der Waals surface area contributed by atoms with Gasteiger partial charge in [0.15, 0.2) is 0 Å². The highest BCUT2D eigenvalue weighted by atomic mass is 19.4. The Morgan fingerprint density at radius 3 is 2.66 bits per heavy atom. The van der Waals surface area contributed by atoms with Crippen LogP contribution in [0.5, 0.6) is 5.88 Å². The van der Waals surface area contributed by atoms with E-state index in [2.05, 4.69) is 15.0 Å². The first-order chi connectivity index (χ1) is 15.1. The third-order valence-corrected chi connectivity index (χ3v) is 6.21. The number of primary amides is 1. The third-order valence-electron chi connectivity index (χ3n) is 6.21. The van der Waals surface area contributed by atoms with E-state index in [1.165, 1.54) is 11.1 Å². The zero-order valence-corrected chi connectivity index (χ0v) is 17.1. The first-order valence-electron chi connectivity index (χ1n) is 10.3. The molecule has 4 amide bonds. The second-order valence-corrected chi connectivity index (χ2v) is 8.60. The lowest BCUT2D eigenvalue weighted by Crippen LogP contribution is -2.60. The fourth-order valence-electron chi connectivity index (χ4n) is 4.75. The van der Waals surface area contributed by atoms with E-state index in [1.807, 2.05) is 0 Å². The number of urea groups is 1. The number of nitrogens with two attached hydrogens (primary N) is 1. The van der Waals surface area contributed by atoms with Gasteiger partial charge < -0.3 is 20.5 Å². The minimum atomic E-state index is -4.43. The van der Waals surface area contributed by atoms with Crippen molar-refractivity contribution in [2.75, 3.05) is 13.2 Å². The SMILES string of the molecule is NC(=O)c1cccnc1OC1CC2(C1)CC(N1C(=O)NC(CCOCC(F)(F)F)C1=O)C2. The molecule has 2 aliphatic carbocycles. The van der Waals surface area contributed by atoms with E-state index in [4.69, 9.17) is 10.5 Å². The van der Waals surface area contributed by atoms with Gasteiger partial charge in [-0.05, 0) is 43.2 Å². The van der Waals surface area contributed by atoms with Crippen molar-refractivity contribution in [2.24, 2.45) is 11.1 Å². The highest BCUT2D eigenvalue weighted by Gasteiger charge is 2.58. The van der Waals surface area contributed by atoms with Crippen molar-refractivity contribution >= 4 is 17.8 Å². The van der Waals surface area contributed by atoms with Crippen LogP contribution >= 0.6 is 0 Å². The quantitative estimate of drug-likeness (QED) is 0.454. The van der Waals surface area contributed by atoms with Crippen LogP contribution in [0.1, 0.15) is 42.5 Å². The number of pyridine rings is 1. The number of hydrogen-bond acceptors (Lipinski definition) is 6. The highest BCUT2D eigenvalue weighted by molar-refractivity contribution is 6.04. The number of nitrogens with one attached hydrogen (secondary N) is 1. The number of hydrogen-bond donors (Lipinski definition) is 2. The summed E-state index contributed by atoms with van der Waals surface area (Å²) >= 11 is 0. The Bertz CT molecular complexity index is 911. The van der Waals surface area contributed by atoms with E-state index >= 15 is 0 Å². The molecule has 1 aliphatic heterocycles. The van der Waals surface area contributed by atoms with Gasteiger partial charge in [0.2, 0.25) is 5.88 Å². The summed E-state index contributed by atoms with van der Waals surface area (Å²) in [5, 5.41) is 2.52. The Morgan fingerprint density at radius 1 is 1.28 bits per heavy atom. The van der Waals surface area contributed by atoms with Crippen molar-refractivity contribution in [1.29, 1.82) is 0 Å². The van der Waals surface area contributed by atoms with Gasteiger partial charge in [0.05, 0.1) is 0 Å². The van der Waals surface area contributed by atoms with Gasteiger partial charge >= 0.3 is 12.2 Å². The number of alkyl halides is 3. The van der Waals surface area contributed by atoms with Gasteiger partial charge in [-0.2, -0.15) is 13.2 Å². The lowest BCUT2D eigenvalue weighted by molar-refractivity contribution is -0.174. The summed E-state index contributed by atoms with van der Waals surface area (Å²) in [4.78, 5) is 41.5. The van der Waals surface area contributed by atoms with Gasteiger partial charge in [0.25, 0.3) is 11.8 Å². The molecule has 0 bridgehead atoms. The highest BCUT2D eigenvalue weighted by Crippen LogP contribution is 2.58. The van der Waals surface area contributed by atoms with Crippen molar-refractivity contribution in [3.05, 3.63) is 23.9 Å². The zero-order chi connectivity index (χ0) is 23.1. The van der Waals surface area contributed by atoms with Crippen LogP contribution in [-0.2, 0) is 9.53 Å². The Hall–Kier alpha value is -2.89. The van der Waals surface area contributed by atoms with E-state index in [9.17, 15) is 27.6 Å². The predicted octanol–water partition coefficient (Wildman–Crippen LogP) is 1.76. The minimum Gasteiger partial charge on any atom is -0.474 e. The normalized spacial score (nSPS) is 29.5. The molecule has 3 N–H and O–H groups in total. The summed E-state index contributed by atoms with van der Waals surface area (Å²) in [6.07, 6.45) is -0.395. The average Bonchev–Trinajstić information content (AvgIpc) is 2.93. The van der Waals surface area contributed by atoms with E-state index in [-0.39, 0.29) is 42.0 Å². The van der Waals surface area contributed by atoms with Crippen LogP contribution in [0.3, 0.4) is 0 Å². The molecule has 9 nitrogen and oxygen atoms in total. The Kier molecular flexibility index (Phi) is 5.74. The molecule has 4 rings (SSSR count). The third kappa shape index (κ3) is 4.50. The molecule has 3 aliphatic rings. The molecular weight excluding hydrogens is 433 g/mol. The summed E-state index contributed by atoms with van der Waals surface area (Å²) in [5.41, 5.74) is 5.51. The summed E-state index contributed by atoms with van der Waals surface area (Å²) in [5.74, 6) is -0.861. The number of carbonyl (C=O) groups is 3. The summed E-state index contributed by atoms with van der Waals surface area (Å²) in [6.45, 7) is -1.67. The number of carbonyl (C=O) groups excluding carboxylic acids is 3. The molecule has 1 saturated heterocycles. The maximum absolute atomic E-state index is 12.6. The van der Waals surface area contributed by atoms with Crippen molar-refractivity contribution in [1.82, 2.24) is 15.2 Å². The minimum absolute atomic E-state index is 0.0167. The molecule has 2 saturated carbocycles. The van der Waals surface area contributed by atoms with Gasteiger partial charge in [-0.15, -0.1) is 0 Å². The van der Waals surface area contributed by atoms with Crippen LogP contribution < -0.4 is 15.8 Å². The molecule has 1 atom stereocenters. The summed E-state index contributed by atoms with van der Waals surface area (Å²) < 4.78 is 46.7. The Labute approximate surface area is 181 Å². The van der Waals surface area contributed by atoms with E-state index in [0.29, 0.717) is 25.7 Å². The molecule has 1 unspecified atom stereocenters. The zero-order valence-electron chi connectivity index (χ0n) is 17.1. The van der Waals surface area contributed by atoms with Crippen molar-refractivity contribution < 1.29 is 37.0 Å². The molecule has 174 valence electrons. The average molecular weight is 456 g/mol. The second kappa shape index (κ2) is 8.23. The molecule has 0 aromatic carbocycles. The van der Waals surface area contributed by atoms with Crippen molar-refractivity contribution in [3.63, 3.8) is 0 Å². The number of halogens is 3. The maximum atomic E-state index is 12.6. The van der Waals surface area contributed by atoms with Crippen LogP contribution in [0.4, 0.5) is 18.0 Å². The van der Waals surface area contributed by atoms with Crippen LogP contribution in [0.25, 0.3) is 0 Å². The fourth-order valence-corrected chi connectivity index (χ4v) is 4.75. The molecule has 1 aromatic rings. The number of rotatable bonds is 8. The first kappa shape index (κ1) is 22.3. The molecule has 0 radical (unpaired) electrons. The number of ether oxygens (including phenoxy) is 2. The van der Waals surface area contributed by atoms with Crippen LogP contribution in [0, 0.1) is 5.41 Å². The van der Waals surface area contributed by atoms with E-state index < -0.39 is 36.7 Å². The van der Waals surface area contributed by atoms with Crippen molar-refractivity contribution in [2.45, 2.75) is 56.5 Å². The van der Waals surface area contributed by atoms with Crippen LogP contribution in [-0.4, -0.2) is 65.3 Å². The first-order valence-corrected chi connectivity index (χ1v) is 10.3. The summed E-state index contributed by atoms with van der Waals surface area (Å²) in [7, 11) is 0. The number of imide groups is 1. The van der Waals surface area contributed by atoms with Crippen LogP contribution in [0.2, 0.25) is 0 Å². The number of aromatic nitrogens is 1. The standard InChI is InChI=1S/C20H23F3N4O5/c21-20(22,23)10-31-5-3-14-17(29)27(18(30)26-14)11-6-19(7-11)8-12(9-19)32-16-13(15(24)28)2-1-4-25-16/h1-2,4,11-12,14H,3,5-10H2,(H2,24,28)(H,26,30). The lowest BCUT2D eigenvalue weighted by Gasteiger charge is -2.58. The van der Waals surface area contributed by atoms with Crippen LogP contribution in [0.15, 0.2) is 18.3 Å². The van der Waals surface area contributed by atoms with E-state index in [0.717, 1.165) is 0 Å². The molecular formula is C20H23F3N4O5. The van der Waals surface area contributed by atoms with Gasteiger partial charge in [-0.3, -0.25) is 14.5 Å². The lowest BCUT2D eigenvalue weighted by atomic mass is 9.52. The van der Waals surface area contributed by atoms with E-state index in [1.54, 1.807) is 12.1 Å². The molecule has 2 heterocycles. The molecule has 1 spiro atoms. The second-order valence-electron chi connectivity index (χ2n) is 8.60. The number of nitrogens with zero attached hydrogens (tertiary/aromatic N) is 2.